The SMILES string of the molecule is O=C(NC[C@H]1OC[C@@H]2CCN(Cc3cccs3)C[C@@H]21)c1ccco1. The Morgan fingerprint density at radius 2 is 2.33 bits per heavy atom. The first-order valence-corrected chi connectivity index (χ1v) is 9.35. The lowest BCUT2D eigenvalue weighted by molar-refractivity contribution is 0.0669. The molecule has 4 rings (SSSR count). The van der Waals surface area contributed by atoms with Gasteiger partial charge in [-0.1, -0.05) is 6.07 Å². The first kappa shape index (κ1) is 15.9. The number of piperidine rings is 1. The number of likely N-dealkylation sites (tertiary alicyclic amines) is 1. The number of furan rings is 1. The quantitative estimate of drug-likeness (QED) is 0.904. The summed E-state index contributed by atoms with van der Waals surface area (Å²) >= 11 is 1.81. The van der Waals surface area contributed by atoms with Crippen molar-refractivity contribution in [1.29, 1.82) is 0 Å². The summed E-state index contributed by atoms with van der Waals surface area (Å²) in [7, 11) is 0. The highest BCUT2D eigenvalue weighted by atomic mass is 32.1. The molecule has 2 aliphatic rings. The van der Waals surface area contributed by atoms with Crippen molar-refractivity contribution in [2.24, 2.45) is 11.8 Å². The smallest absolute Gasteiger partial charge is 0.287 e. The molecular formula is C18H22N2O3S. The van der Waals surface area contributed by atoms with Gasteiger partial charge in [-0.15, -0.1) is 11.3 Å². The molecule has 2 fully saturated rings. The maximum atomic E-state index is 12.0. The van der Waals surface area contributed by atoms with E-state index in [-0.39, 0.29) is 12.0 Å². The Balaban J connectivity index is 1.32. The van der Waals surface area contributed by atoms with Crippen LogP contribution in [0.2, 0.25) is 0 Å². The van der Waals surface area contributed by atoms with Gasteiger partial charge in [0.15, 0.2) is 5.76 Å². The summed E-state index contributed by atoms with van der Waals surface area (Å²) in [5, 5.41) is 5.08. The van der Waals surface area contributed by atoms with Crippen LogP contribution >= 0.6 is 11.3 Å². The van der Waals surface area contributed by atoms with E-state index >= 15 is 0 Å². The summed E-state index contributed by atoms with van der Waals surface area (Å²) in [5.74, 6) is 1.30. The Hall–Kier alpha value is -1.63. The van der Waals surface area contributed by atoms with Gasteiger partial charge in [0.05, 0.1) is 19.0 Å². The second-order valence-electron chi connectivity index (χ2n) is 6.59. The van der Waals surface area contributed by atoms with Crippen LogP contribution in [-0.4, -0.2) is 43.2 Å². The fraction of sp³-hybridized carbons (Fsp3) is 0.500. The molecule has 6 heteroatoms. The molecule has 2 aromatic rings. The van der Waals surface area contributed by atoms with Crippen molar-refractivity contribution >= 4 is 17.2 Å². The topological polar surface area (TPSA) is 54.7 Å². The minimum Gasteiger partial charge on any atom is -0.459 e. The highest BCUT2D eigenvalue weighted by Crippen LogP contribution is 2.34. The van der Waals surface area contributed by atoms with Gasteiger partial charge in [-0.3, -0.25) is 9.69 Å². The number of hydrogen-bond acceptors (Lipinski definition) is 5. The van der Waals surface area contributed by atoms with Gasteiger partial charge in [-0.25, -0.2) is 0 Å². The molecule has 0 aliphatic carbocycles. The van der Waals surface area contributed by atoms with E-state index in [1.54, 1.807) is 12.1 Å². The van der Waals surface area contributed by atoms with Gasteiger partial charge in [0.2, 0.25) is 0 Å². The van der Waals surface area contributed by atoms with Gasteiger partial charge in [0.1, 0.15) is 0 Å². The van der Waals surface area contributed by atoms with Crippen LogP contribution in [0, 0.1) is 11.8 Å². The fourth-order valence-corrected chi connectivity index (χ4v) is 4.51. The van der Waals surface area contributed by atoms with Crippen molar-refractivity contribution in [3.8, 4) is 0 Å². The number of amides is 1. The fourth-order valence-electron chi connectivity index (χ4n) is 3.76. The van der Waals surface area contributed by atoms with Crippen LogP contribution in [0.3, 0.4) is 0 Å². The summed E-state index contributed by atoms with van der Waals surface area (Å²) in [6, 6.07) is 7.71. The summed E-state index contributed by atoms with van der Waals surface area (Å²) < 4.78 is 11.1. The molecule has 3 atom stereocenters. The zero-order chi connectivity index (χ0) is 16.4. The molecule has 4 heterocycles. The average molecular weight is 346 g/mol. The molecule has 1 N–H and O–H groups in total. The third kappa shape index (κ3) is 3.41. The van der Waals surface area contributed by atoms with Crippen LogP contribution in [0.25, 0.3) is 0 Å². The van der Waals surface area contributed by atoms with Crippen LogP contribution in [0.1, 0.15) is 21.9 Å². The van der Waals surface area contributed by atoms with Crippen LogP contribution in [0.15, 0.2) is 40.3 Å². The lowest BCUT2D eigenvalue weighted by Crippen LogP contribution is -2.44. The van der Waals surface area contributed by atoms with E-state index in [9.17, 15) is 4.79 Å². The van der Waals surface area contributed by atoms with Gasteiger partial charge < -0.3 is 14.5 Å². The van der Waals surface area contributed by atoms with E-state index in [4.69, 9.17) is 9.15 Å². The molecule has 0 spiro atoms. The van der Waals surface area contributed by atoms with Crippen molar-refractivity contribution in [1.82, 2.24) is 10.2 Å². The van der Waals surface area contributed by atoms with Crippen molar-refractivity contribution in [2.75, 3.05) is 26.2 Å². The van der Waals surface area contributed by atoms with Crippen molar-refractivity contribution in [2.45, 2.75) is 19.1 Å². The second kappa shape index (κ2) is 7.09. The minimum absolute atomic E-state index is 0.0973. The normalized spacial score (nSPS) is 27.1. The van der Waals surface area contributed by atoms with Crippen molar-refractivity contribution < 1.29 is 13.9 Å². The van der Waals surface area contributed by atoms with Crippen LogP contribution in [0.4, 0.5) is 0 Å². The van der Waals surface area contributed by atoms with Gasteiger partial charge in [0, 0.05) is 30.4 Å². The zero-order valence-electron chi connectivity index (χ0n) is 13.5. The molecule has 2 aliphatic heterocycles. The predicted molar refractivity (Wildman–Crippen MR) is 92.0 cm³/mol. The van der Waals surface area contributed by atoms with E-state index in [0.717, 1.165) is 26.2 Å². The van der Waals surface area contributed by atoms with Gasteiger partial charge in [-0.2, -0.15) is 0 Å². The first-order valence-electron chi connectivity index (χ1n) is 8.47. The van der Waals surface area contributed by atoms with Crippen LogP contribution in [0.5, 0.6) is 0 Å². The van der Waals surface area contributed by atoms with Gasteiger partial charge in [-0.05, 0) is 42.5 Å². The third-order valence-corrected chi connectivity index (χ3v) is 5.92. The zero-order valence-corrected chi connectivity index (χ0v) is 14.3. The van der Waals surface area contributed by atoms with E-state index in [2.05, 4.69) is 27.7 Å². The minimum atomic E-state index is -0.168. The van der Waals surface area contributed by atoms with Crippen molar-refractivity contribution in [3.63, 3.8) is 0 Å². The first-order chi connectivity index (χ1) is 11.8. The average Bonchev–Trinajstić information content (AvgIpc) is 3.34. The summed E-state index contributed by atoms with van der Waals surface area (Å²) in [6.45, 7) is 4.57. The Morgan fingerprint density at radius 1 is 1.38 bits per heavy atom. The molecule has 0 bridgehead atoms. The van der Waals surface area contributed by atoms with Gasteiger partial charge >= 0.3 is 0 Å². The Kier molecular flexibility index (Phi) is 4.69. The summed E-state index contributed by atoms with van der Waals surface area (Å²) in [4.78, 5) is 16.0. The van der Waals surface area contributed by atoms with E-state index in [1.165, 1.54) is 17.6 Å². The van der Waals surface area contributed by atoms with Crippen molar-refractivity contribution in [3.05, 3.63) is 46.5 Å². The lowest BCUT2D eigenvalue weighted by atomic mass is 9.84. The number of nitrogens with one attached hydrogen (secondary N) is 1. The van der Waals surface area contributed by atoms with Crippen LogP contribution < -0.4 is 5.32 Å². The third-order valence-electron chi connectivity index (χ3n) is 5.06. The van der Waals surface area contributed by atoms with Crippen LogP contribution in [-0.2, 0) is 11.3 Å². The standard InChI is InChI=1S/C18H22N2O3S/c21-18(16-4-1-7-22-16)19-9-17-15-11-20(6-5-13(15)12-23-17)10-14-3-2-8-24-14/h1-4,7-8,13,15,17H,5-6,9-12H2,(H,19,21)/t13-,15-,17+/m0/s1. The number of carbonyl (C=O) groups excluding carboxylic acids is 1. The number of ether oxygens (including phenoxy) is 1. The number of fused-ring (bicyclic) bond motifs is 1. The molecule has 2 saturated heterocycles. The predicted octanol–water partition coefficient (Wildman–Crippen LogP) is 2.61. The van der Waals surface area contributed by atoms with E-state index in [1.807, 2.05) is 11.3 Å². The number of hydrogen-bond donors (Lipinski definition) is 1. The largest absolute Gasteiger partial charge is 0.459 e. The highest BCUT2D eigenvalue weighted by Gasteiger charge is 2.40. The molecule has 5 nitrogen and oxygen atoms in total. The van der Waals surface area contributed by atoms with E-state index in [0.29, 0.717) is 24.1 Å². The molecule has 128 valence electrons. The summed E-state index contributed by atoms with van der Waals surface area (Å²) in [6.07, 6.45) is 2.79. The van der Waals surface area contributed by atoms with Gasteiger partial charge in [0.25, 0.3) is 5.91 Å². The molecule has 0 unspecified atom stereocenters. The molecule has 2 aromatic heterocycles. The number of carbonyl (C=O) groups is 1. The summed E-state index contributed by atoms with van der Waals surface area (Å²) in [5.41, 5.74) is 0. The maximum absolute atomic E-state index is 12.0. The monoisotopic (exact) mass is 346 g/mol. The maximum Gasteiger partial charge on any atom is 0.287 e. The number of thiophene rings is 1. The molecule has 1 amide bonds. The second-order valence-corrected chi connectivity index (χ2v) is 7.62. The van der Waals surface area contributed by atoms with E-state index < -0.39 is 0 Å². The molecule has 0 aromatic carbocycles. The molecule has 0 saturated carbocycles. The highest BCUT2D eigenvalue weighted by molar-refractivity contribution is 7.09. The molecule has 24 heavy (non-hydrogen) atoms. The molecular weight excluding hydrogens is 324 g/mol. The number of rotatable bonds is 5. The Bertz CT molecular complexity index is 656. The molecule has 0 radical (unpaired) electrons. The lowest BCUT2D eigenvalue weighted by Gasteiger charge is -2.35. The Morgan fingerprint density at radius 3 is 3.12 bits per heavy atom. The Labute approximate surface area is 145 Å². The number of nitrogens with zero attached hydrogens (tertiary/aromatic N) is 1.